The molecule has 2 nitrogen and oxygen atoms in total. The lowest BCUT2D eigenvalue weighted by Gasteiger charge is -2.14. The molecule has 0 bridgehead atoms. The average Bonchev–Trinajstić information content (AvgIpc) is 2.54. The third-order valence-corrected chi connectivity index (χ3v) is 3.69. The van der Waals surface area contributed by atoms with Gasteiger partial charge in [0.1, 0.15) is 0 Å². The number of likely N-dealkylation sites (N-methyl/N-ethyl adjacent to an activating group) is 2. The molecule has 1 heterocycles. The number of thiophene rings is 1. The molecule has 2 N–H and O–H groups in total. The molecule has 13 heavy (non-hydrogen) atoms. The molecule has 74 valence electrons. The summed E-state index contributed by atoms with van der Waals surface area (Å²) >= 11 is 5.24. The number of halogens is 1. The Kier molecular flexibility index (Phi) is 4.94. The highest BCUT2D eigenvalue weighted by Gasteiger charge is 2.09. The lowest BCUT2D eigenvalue weighted by molar-refractivity contribution is 0.545. The number of hydrogen-bond donors (Lipinski definition) is 2. The molecule has 1 aromatic rings. The molecule has 0 fully saturated rings. The van der Waals surface area contributed by atoms with Crippen molar-refractivity contribution < 1.29 is 0 Å². The highest BCUT2D eigenvalue weighted by atomic mass is 79.9. The third-order valence-electron chi connectivity index (χ3n) is 1.88. The van der Waals surface area contributed by atoms with Gasteiger partial charge in [-0.1, -0.05) is 6.92 Å². The Labute approximate surface area is 91.9 Å². The Balaban J connectivity index is 2.56. The van der Waals surface area contributed by atoms with Crippen LogP contribution in [0.2, 0.25) is 0 Å². The van der Waals surface area contributed by atoms with E-state index < -0.39 is 0 Å². The summed E-state index contributed by atoms with van der Waals surface area (Å²) in [5.74, 6) is 0. The van der Waals surface area contributed by atoms with E-state index in [9.17, 15) is 0 Å². The first-order chi connectivity index (χ1) is 6.27. The van der Waals surface area contributed by atoms with E-state index in [2.05, 4.69) is 44.9 Å². The maximum Gasteiger partial charge on any atom is 0.0539 e. The molecule has 0 saturated carbocycles. The Hall–Kier alpha value is 0.1000. The summed E-state index contributed by atoms with van der Waals surface area (Å²) < 4.78 is 1.17. The monoisotopic (exact) mass is 262 g/mol. The van der Waals surface area contributed by atoms with Gasteiger partial charge in [0, 0.05) is 21.3 Å². The number of nitrogens with one attached hydrogen (secondary N) is 2. The number of rotatable bonds is 5. The molecule has 0 amide bonds. The van der Waals surface area contributed by atoms with Crippen molar-refractivity contribution in [1.29, 1.82) is 0 Å². The standard InChI is InChI=1S/C9H15BrN2S/c1-3-12-5-8(11-2)9-4-7(10)6-13-9/h4,6,8,11-12H,3,5H2,1-2H3. The van der Waals surface area contributed by atoms with Crippen LogP contribution in [-0.2, 0) is 0 Å². The Morgan fingerprint density at radius 1 is 1.62 bits per heavy atom. The molecule has 1 rings (SSSR count). The minimum atomic E-state index is 0.427. The van der Waals surface area contributed by atoms with Gasteiger partial charge in [0.2, 0.25) is 0 Å². The van der Waals surface area contributed by atoms with Crippen LogP contribution in [0.4, 0.5) is 0 Å². The summed E-state index contributed by atoms with van der Waals surface area (Å²) in [5, 5.41) is 8.75. The minimum absolute atomic E-state index is 0.427. The molecule has 1 atom stereocenters. The first kappa shape index (κ1) is 11.2. The summed E-state index contributed by atoms with van der Waals surface area (Å²) in [7, 11) is 2.00. The van der Waals surface area contributed by atoms with Gasteiger partial charge in [0.05, 0.1) is 6.04 Å². The van der Waals surface area contributed by atoms with Gasteiger partial charge in [0.25, 0.3) is 0 Å². The van der Waals surface area contributed by atoms with Crippen molar-refractivity contribution in [3.8, 4) is 0 Å². The van der Waals surface area contributed by atoms with E-state index in [0.717, 1.165) is 13.1 Å². The van der Waals surface area contributed by atoms with Gasteiger partial charge >= 0.3 is 0 Å². The predicted molar refractivity (Wildman–Crippen MR) is 62.4 cm³/mol. The van der Waals surface area contributed by atoms with Crippen LogP contribution in [0, 0.1) is 0 Å². The number of hydrogen-bond acceptors (Lipinski definition) is 3. The van der Waals surface area contributed by atoms with Crippen LogP contribution >= 0.6 is 27.3 Å². The van der Waals surface area contributed by atoms with Crippen molar-refractivity contribution in [2.45, 2.75) is 13.0 Å². The summed E-state index contributed by atoms with van der Waals surface area (Å²) in [5.41, 5.74) is 0. The van der Waals surface area contributed by atoms with Crippen LogP contribution in [0.1, 0.15) is 17.8 Å². The zero-order valence-corrected chi connectivity index (χ0v) is 10.3. The van der Waals surface area contributed by atoms with Crippen molar-refractivity contribution in [3.05, 3.63) is 20.8 Å². The molecule has 0 spiro atoms. The van der Waals surface area contributed by atoms with Crippen LogP contribution in [-0.4, -0.2) is 20.1 Å². The van der Waals surface area contributed by atoms with Crippen molar-refractivity contribution in [2.75, 3.05) is 20.1 Å². The minimum Gasteiger partial charge on any atom is -0.315 e. The van der Waals surface area contributed by atoms with Gasteiger partial charge in [-0.05, 0) is 35.6 Å². The molecule has 0 aromatic carbocycles. The van der Waals surface area contributed by atoms with Crippen LogP contribution in [0.15, 0.2) is 15.9 Å². The smallest absolute Gasteiger partial charge is 0.0539 e. The Bertz CT molecular complexity index is 250. The summed E-state index contributed by atoms with van der Waals surface area (Å²) in [6.07, 6.45) is 0. The fourth-order valence-electron chi connectivity index (χ4n) is 1.14. The van der Waals surface area contributed by atoms with Crippen molar-refractivity contribution in [1.82, 2.24) is 10.6 Å². The highest BCUT2D eigenvalue weighted by Crippen LogP contribution is 2.24. The van der Waals surface area contributed by atoms with Crippen molar-refractivity contribution >= 4 is 27.3 Å². The maximum atomic E-state index is 3.46. The van der Waals surface area contributed by atoms with Crippen LogP contribution < -0.4 is 10.6 Å². The zero-order chi connectivity index (χ0) is 9.68. The summed E-state index contributed by atoms with van der Waals surface area (Å²) in [4.78, 5) is 1.37. The Morgan fingerprint density at radius 3 is 2.85 bits per heavy atom. The molecule has 0 radical (unpaired) electrons. The third kappa shape index (κ3) is 3.38. The van der Waals surface area contributed by atoms with E-state index in [1.807, 2.05) is 7.05 Å². The van der Waals surface area contributed by atoms with Gasteiger partial charge in [0.15, 0.2) is 0 Å². The van der Waals surface area contributed by atoms with Crippen molar-refractivity contribution in [3.63, 3.8) is 0 Å². The second kappa shape index (κ2) is 5.75. The van der Waals surface area contributed by atoms with E-state index in [1.54, 1.807) is 11.3 Å². The van der Waals surface area contributed by atoms with E-state index >= 15 is 0 Å². The summed E-state index contributed by atoms with van der Waals surface area (Å²) in [6.45, 7) is 4.13. The van der Waals surface area contributed by atoms with Crippen molar-refractivity contribution in [2.24, 2.45) is 0 Å². The molecule has 0 aliphatic carbocycles. The second-order valence-corrected chi connectivity index (χ2v) is 4.67. The molecule has 0 aliphatic rings. The molecular formula is C9H15BrN2S. The first-order valence-electron chi connectivity index (χ1n) is 4.39. The van der Waals surface area contributed by atoms with E-state index in [0.29, 0.717) is 6.04 Å². The van der Waals surface area contributed by atoms with Gasteiger partial charge in [-0.25, -0.2) is 0 Å². The average molecular weight is 263 g/mol. The maximum absolute atomic E-state index is 3.46. The predicted octanol–water partition coefficient (Wildman–Crippen LogP) is 2.38. The molecule has 1 unspecified atom stereocenters. The fourth-order valence-corrected chi connectivity index (χ4v) is 2.70. The molecule has 4 heteroatoms. The van der Waals surface area contributed by atoms with Crippen LogP contribution in [0.3, 0.4) is 0 Å². The van der Waals surface area contributed by atoms with Gasteiger partial charge < -0.3 is 10.6 Å². The summed E-state index contributed by atoms with van der Waals surface area (Å²) in [6, 6.07) is 2.60. The van der Waals surface area contributed by atoms with Gasteiger partial charge in [-0.15, -0.1) is 11.3 Å². The normalized spacial score (nSPS) is 13.2. The quantitative estimate of drug-likeness (QED) is 0.852. The zero-order valence-electron chi connectivity index (χ0n) is 7.93. The van der Waals surface area contributed by atoms with E-state index in [-0.39, 0.29) is 0 Å². The molecule has 0 saturated heterocycles. The van der Waals surface area contributed by atoms with Crippen LogP contribution in [0.5, 0.6) is 0 Å². The second-order valence-electron chi connectivity index (χ2n) is 2.82. The lowest BCUT2D eigenvalue weighted by Crippen LogP contribution is -2.28. The van der Waals surface area contributed by atoms with E-state index in [4.69, 9.17) is 0 Å². The first-order valence-corrected chi connectivity index (χ1v) is 6.07. The van der Waals surface area contributed by atoms with E-state index in [1.165, 1.54) is 9.35 Å². The molecular weight excluding hydrogens is 248 g/mol. The van der Waals surface area contributed by atoms with Gasteiger partial charge in [-0.2, -0.15) is 0 Å². The van der Waals surface area contributed by atoms with Gasteiger partial charge in [-0.3, -0.25) is 0 Å². The fraction of sp³-hybridized carbons (Fsp3) is 0.556. The largest absolute Gasteiger partial charge is 0.315 e. The topological polar surface area (TPSA) is 24.1 Å². The molecule has 0 aliphatic heterocycles. The lowest BCUT2D eigenvalue weighted by atomic mass is 10.2. The SMILES string of the molecule is CCNCC(NC)c1cc(Br)cs1. The highest BCUT2D eigenvalue weighted by molar-refractivity contribution is 9.10. The Morgan fingerprint density at radius 2 is 2.38 bits per heavy atom. The molecule has 1 aromatic heterocycles. The van der Waals surface area contributed by atoms with Crippen LogP contribution in [0.25, 0.3) is 0 Å².